The Labute approximate surface area is 188 Å². The molecule has 162 valence electrons. The Hall–Kier alpha value is -2.86. The SMILES string of the molecule is CC(C)Cc1ccc(C(=O)CCC(=O)NCCCc2nc(-c3ccncc3)cs2)cc1. The van der Waals surface area contributed by atoms with Gasteiger partial charge in [0.25, 0.3) is 0 Å². The highest BCUT2D eigenvalue weighted by Crippen LogP contribution is 2.21. The van der Waals surface area contributed by atoms with Gasteiger partial charge in [0.15, 0.2) is 5.78 Å². The van der Waals surface area contributed by atoms with Crippen molar-refractivity contribution in [3.05, 3.63) is 70.3 Å². The number of carbonyl (C=O) groups excluding carboxylic acids is 2. The molecule has 0 fully saturated rings. The molecule has 31 heavy (non-hydrogen) atoms. The van der Waals surface area contributed by atoms with Crippen LogP contribution in [-0.4, -0.2) is 28.2 Å². The van der Waals surface area contributed by atoms with Gasteiger partial charge in [0.1, 0.15) is 0 Å². The number of aryl methyl sites for hydroxylation is 1. The Balaban J connectivity index is 1.34. The highest BCUT2D eigenvalue weighted by Gasteiger charge is 2.10. The zero-order chi connectivity index (χ0) is 22.1. The maximum absolute atomic E-state index is 12.3. The van der Waals surface area contributed by atoms with Gasteiger partial charge in [-0.15, -0.1) is 11.3 Å². The molecule has 0 aliphatic carbocycles. The van der Waals surface area contributed by atoms with Crippen LogP contribution in [0.3, 0.4) is 0 Å². The highest BCUT2D eigenvalue weighted by atomic mass is 32.1. The third-order valence-corrected chi connectivity index (χ3v) is 5.83. The molecule has 2 heterocycles. The zero-order valence-corrected chi connectivity index (χ0v) is 19.0. The van der Waals surface area contributed by atoms with Gasteiger partial charge in [-0.2, -0.15) is 0 Å². The fraction of sp³-hybridized carbons (Fsp3) is 0.360. The lowest BCUT2D eigenvalue weighted by Crippen LogP contribution is -2.25. The van der Waals surface area contributed by atoms with Crippen molar-refractivity contribution < 1.29 is 9.59 Å². The van der Waals surface area contributed by atoms with E-state index in [2.05, 4.69) is 29.1 Å². The molecule has 3 rings (SSSR count). The van der Waals surface area contributed by atoms with Crippen LogP contribution in [0.5, 0.6) is 0 Å². The van der Waals surface area contributed by atoms with E-state index in [1.54, 1.807) is 23.7 Å². The number of aromatic nitrogens is 2. The van der Waals surface area contributed by atoms with Crippen molar-refractivity contribution in [2.24, 2.45) is 5.92 Å². The number of thiazole rings is 1. The van der Waals surface area contributed by atoms with Gasteiger partial charge in [0.05, 0.1) is 10.7 Å². The summed E-state index contributed by atoms with van der Waals surface area (Å²) in [5.74, 6) is 0.517. The first-order valence-electron chi connectivity index (χ1n) is 10.7. The monoisotopic (exact) mass is 435 g/mol. The number of ketones is 1. The summed E-state index contributed by atoms with van der Waals surface area (Å²) in [6, 6.07) is 11.6. The van der Waals surface area contributed by atoms with E-state index in [0.717, 1.165) is 35.5 Å². The van der Waals surface area contributed by atoms with Crippen LogP contribution in [0.4, 0.5) is 0 Å². The van der Waals surface area contributed by atoms with Crippen molar-refractivity contribution in [3.63, 3.8) is 0 Å². The maximum Gasteiger partial charge on any atom is 0.220 e. The van der Waals surface area contributed by atoms with Crippen molar-refractivity contribution in [2.75, 3.05) is 6.54 Å². The van der Waals surface area contributed by atoms with Crippen LogP contribution >= 0.6 is 11.3 Å². The molecule has 1 N–H and O–H groups in total. The van der Waals surface area contributed by atoms with Crippen LogP contribution in [0.15, 0.2) is 54.2 Å². The third-order valence-electron chi connectivity index (χ3n) is 4.92. The lowest BCUT2D eigenvalue weighted by atomic mass is 9.99. The van der Waals surface area contributed by atoms with E-state index in [1.165, 1.54) is 5.56 Å². The van der Waals surface area contributed by atoms with Crippen LogP contribution in [-0.2, 0) is 17.6 Å². The Morgan fingerprint density at radius 2 is 1.77 bits per heavy atom. The molecule has 1 aromatic carbocycles. The minimum absolute atomic E-state index is 0.0117. The molecule has 0 unspecified atom stereocenters. The smallest absolute Gasteiger partial charge is 0.220 e. The minimum Gasteiger partial charge on any atom is -0.356 e. The lowest BCUT2D eigenvalue weighted by molar-refractivity contribution is -0.121. The molecule has 0 saturated heterocycles. The number of benzene rings is 1. The number of rotatable bonds is 11. The quantitative estimate of drug-likeness (QED) is 0.335. The Kier molecular flexibility index (Phi) is 8.47. The molecule has 1 amide bonds. The number of amides is 1. The third kappa shape index (κ3) is 7.40. The molecule has 3 aromatic rings. The number of hydrogen-bond acceptors (Lipinski definition) is 5. The fourth-order valence-electron chi connectivity index (χ4n) is 3.31. The van der Waals surface area contributed by atoms with Crippen molar-refractivity contribution >= 4 is 23.0 Å². The molecule has 2 aromatic heterocycles. The molecular weight excluding hydrogens is 406 g/mol. The van der Waals surface area contributed by atoms with Crippen LogP contribution in [0.25, 0.3) is 11.3 Å². The highest BCUT2D eigenvalue weighted by molar-refractivity contribution is 7.09. The second kappa shape index (κ2) is 11.5. The predicted octanol–water partition coefficient (Wildman–Crippen LogP) is 5.12. The Morgan fingerprint density at radius 1 is 1.03 bits per heavy atom. The predicted molar refractivity (Wildman–Crippen MR) is 125 cm³/mol. The molecule has 6 heteroatoms. The number of pyridine rings is 1. The largest absolute Gasteiger partial charge is 0.356 e. The average molecular weight is 436 g/mol. The van der Waals surface area contributed by atoms with Gasteiger partial charge < -0.3 is 5.32 Å². The van der Waals surface area contributed by atoms with Crippen molar-refractivity contribution in [3.8, 4) is 11.3 Å². The van der Waals surface area contributed by atoms with Gasteiger partial charge in [-0.3, -0.25) is 14.6 Å². The first kappa shape index (κ1) is 22.8. The van der Waals surface area contributed by atoms with Gasteiger partial charge in [-0.1, -0.05) is 38.1 Å². The van der Waals surface area contributed by atoms with E-state index >= 15 is 0 Å². The van der Waals surface area contributed by atoms with Gasteiger partial charge in [-0.25, -0.2) is 4.98 Å². The molecule has 0 aliphatic heterocycles. The van der Waals surface area contributed by atoms with E-state index in [4.69, 9.17) is 0 Å². The minimum atomic E-state index is -0.0820. The number of Topliss-reactive ketones (excluding diaryl/α,β-unsaturated/α-hetero) is 1. The average Bonchev–Trinajstić information content (AvgIpc) is 3.25. The molecule has 0 saturated carbocycles. The number of hydrogen-bond donors (Lipinski definition) is 1. The summed E-state index contributed by atoms with van der Waals surface area (Å²) in [5, 5.41) is 6.01. The summed E-state index contributed by atoms with van der Waals surface area (Å²) in [4.78, 5) is 33.1. The normalized spacial score (nSPS) is 10.9. The zero-order valence-electron chi connectivity index (χ0n) is 18.1. The first-order chi connectivity index (χ1) is 15.0. The molecule has 0 spiro atoms. The number of nitrogens with zero attached hydrogens (tertiary/aromatic N) is 2. The summed E-state index contributed by atoms with van der Waals surface area (Å²) in [6.45, 7) is 4.93. The van der Waals surface area contributed by atoms with Gasteiger partial charge >= 0.3 is 0 Å². The fourth-order valence-corrected chi connectivity index (χ4v) is 4.16. The van der Waals surface area contributed by atoms with E-state index in [1.807, 2.05) is 41.8 Å². The van der Waals surface area contributed by atoms with E-state index < -0.39 is 0 Å². The van der Waals surface area contributed by atoms with E-state index in [9.17, 15) is 9.59 Å². The second-order valence-corrected chi connectivity index (χ2v) is 8.98. The summed E-state index contributed by atoms with van der Waals surface area (Å²) in [5.41, 5.74) is 3.93. The number of carbonyl (C=O) groups is 2. The lowest BCUT2D eigenvalue weighted by Gasteiger charge is -2.07. The van der Waals surface area contributed by atoms with Gasteiger partial charge in [-0.05, 0) is 36.5 Å². The maximum atomic E-state index is 12.3. The molecule has 5 nitrogen and oxygen atoms in total. The second-order valence-electron chi connectivity index (χ2n) is 8.03. The van der Waals surface area contributed by atoms with E-state index in [-0.39, 0.29) is 24.5 Å². The van der Waals surface area contributed by atoms with Crippen molar-refractivity contribution in [1.29, 1.82) is 0 Å². The molecule has 0 radical (unpaired) electrons. The summed E-state index contributed by atoms with van der Waals surface area (Å²) < 4.78 is 0. The molecule has 0 aliphatic rings. The summed E-state index contributed by atoms with van der Waals surface area (Å²) in [6.07, 6.45) is 6.61. The van der Waals surface area contributed by atoms with Crippen LogP contribution in [0, 0.1) is 5.92 Å². The van der Waals surface area contributed by atoms with Crippen LogP contribution < -0.4 is 5.32 Å². The molecule has 0 bridgehead atoms. The summed E-state index contributed by atoms with van der Waals surface area (Å²) >= 11 is 1.63. The van der Waals surface area contributed by atoms with Crippen molar-refractivity contribution in [2.45, 2.75) is 46.0 Å². The van der Waals surface area contributed by atoms with Crippen molar-refractivity contribution in [1.82, 2.24) is 15.3 Å². The summed E-state index contributed by atoms with van der Waals surface area (Å²) in [7, 11) is 0. The van der Waals surface area contributed by atoms with E-state index in [0.29, 0.717) is 18.0 Å². The van der Waals surface area contributed by atoms with Gasteiger partial charge in [0.2, 0.25) is 5.91 Å². The standard InChI is InChI=1S/C25H29N3O2S/c1-18(2)16-19-5-7-21(8-6-19)23(29)9-10-24(30)27-13-3-4-25-28-22(17-31-25)20-11-14-26-15-12-20/h5-8,11-12,14-15,17-18H,3-4,9-10,13,16H2,1-2H3,(H,27,30). The van der Waals surface area contributed by atoms with Crippen LogP contribution in [0.2, 0.25) is 0 Å². The number of nitrogens with one attached hydrogen (secondary N) is 1. The Bertz CT molecular complexity index is 982. The Morgan fingerprint density at radius 3 is 2.48 bits per heavy atom. The molecular formula is C25H29N3O2S. The first-order valence-corrected chi connectivity index (χ1v) is 11.6. The van der Waals surface area contributed by atoms with Gasteiger partial charge in [0, 0.05) is 54.7 Å². The molecule has 0 atom stereocenters. The topological polar surface area (TPSA) is 72.0 Å². The van der Waals surface area contributed by atoms with Crippen LogP contribution in [0.1, 0.15) is 54.0 Å².